The molecule has 154 valence electrons. The number of likely N-dealkylation sites (N-methyl/N-ethyl adjacent to an activating group) is 1. The van der Waals surface area contributed by atoms with Crippen LogP contribution in [-0.2, 0) is 6.54 Å². The van der Waals surface area contributed by atoms with E-state index in [9.17, 15) is 4.79 Å². The largest absolute Gasteiger partial charge is 0.497 e. The zero-order valence-corrected chi connectivity index (χ0v) is 17.5. The van der Waals surface area contributed by atoms with E-state index in [0.717, 1.165) is 34.0 Å². The van der Waals surface area contributed by atoms with E-state index >= 15 is 0 Å². The van der Waals surface area contributed by atoms with Crippen LogP contribution >= 0.6 is 0 Å². The van der Waals surface area contributed by atoms with E-state index in [1.807, 2.05) is 36.4 Å². The summed E-state index contributed by atoms with van der Waals surface area (Å²) in [6.07, 6.45) is 0. The fourth-order valence-electron chi connectivity index (χ4n) is 3.95. The predicted octanol–water partition coefficient (Wildman–Crippen LogP) is 4.35. The summed E-state index contributed by atoms with van der Waals surface area (Å²) in [5, 5.41) is 6.75. The Morgan fingerprint density at radius 3 is 2.67 bits per heavy atom. The van der Waals surface area contributed by atoms with Crippen molar-refractivity contribution in [1.82, 2.24) is 10.2 Å². The third kappa shape index (κ3) is 4.08. The van der Waals surface area contributed by atoms with E-state index in [0.29, 0.717) is 12.1 Å². The second-order valence-corrected chi connectivity index (χ2v) is 7.64. The zero-order valence-electron chi connectivity index (χ0n) is 17.5. The Kier molecular flexibility index (Phi) is 5.84. The van der Waals surface area contributed by atoms with Crippen molar-refractivity contribution in [2.75, 3.05) is 27.7 Å². The Morgan fingerprint density at radius 1 is 1.03 bits per heavy atom. The molecule has 0 bridgehead atoms. The molecule has 1 heterocycles. The molecular weight excluding hydrogens is 376 g/mol. The van der Waals surface area contributed by atoms with Gasteiger partial charge in [0.2, 0.25) is 0 Å². The fourth-order valence-corrected chi connectivity index (χ4v) is 3.95. The standard InChI is InChI=1S/C25H26N2O3/c1-27(2)22(18-8-6-9-20(13-18)29-3)16-26-15-19-14-24(28)30-23-12-11-17-7-4-5-10-21(17)25(19)23/h4-14,22,26H,15-16H2,1-3H3/t22-/m1/s1. The Hall–Kier alpha value is -3.15. The summed E-state index contributed by atoms with van der Waals surface area (Å²) in [4.78, 5) is 14.3. The number of nitrogens with one attached hydrogen (secondary N) is 1. The first-order valence-electron chi connectivity index (χ1n) is 10.0. The zero-order chi connectivity index (χ0) is 21.1. The smallest absolute Gasteiger partial charge is 0.336 e. The van der Waals surface area contributed by atoms with Gasteiger partial charge in [0, 0.05) is 30.6 Å². The second-order valence-electron chi connectivity index (χ2n) is 7.64. The van der Waals surface area contributed by atoms with Crippen molar-refractivity contribution in [3.05, 3.63) is 88.3 Å². The highest BCUT2D eigenvalue weighted by Crippen LogP contribution is 2.28. The van der Waals surface area contributed by atoms with E-state index in [1.165, 1.54) is 5.56 Å². The summed E-state index contributed by atoms with van der Waals surface area (Å²) in [7, 11) is 5.80. The van der Waals surface area contributed by atoms with E-state index < -0.39 is 0 Å². The maximum absolute atomic E-state index is 12.1. The number of ether oxygens (including phenoxy) is 1. The molecule has 0 radical (unpaired) electrons. The molecule has 5 nitrogen and oxygen atoms in total. The third-order valence-electron chi connectivity index (χ3n) is 5.47. The highest BCUT2D eigenvalue weighted by molar-refractivity contribution is 6.07. The molecule has 0 unspecified atom stereocenters. The number of nitrogens with zero attached hydrogens (tertiary/aromatic N) is 1. The highest BCUT2D eigenvalue weighted by Gasteiger charge is 2.15. The molecule has 0 spiro atoms. The normalized spacial score (nSPS) is 12.5. The van der Waals surface area contributed by atoms with Gasteiger partial charge in [-0.3, -0.25) is 0 Å². The lowest BCUT2D eigenvalue weighted by atomic mass is 10.0. The number of benzene rings is 3. The summed E-state index contributed by atoms with van der Waals surface area (Å²) in [6.45, 7) is 1.30. The van der Waals surface area contributed by atoms with Crippen molar-refractivity contribution >= 4 is 21.7 Å². The lowest BCUT2D eigenvalue weighted by molar-refractivity contribution is 0.287. The summed E-state index contributed by atoms with van der Waals surface area (Å²) in [5.41, 5.74) is 2.41. The molecule has 0 fully saturated rings. The predicted molar refractivity (Wildman–Crippen MR) is 121 cm³/mol. The van der Waals surface area contributed by atoms with Crippen LogP contribution in [0.25, 0.3) is 21.7 Å². The van der Waals surface area contributed by atoms with E-state index in [4.69, 9.17) is 9.15 Å². The molecule has 0 saturated heterocycles. The molecule has 0 aliphatic rings. The second kappa shape index (κ2) is 8.69. The van der Waals surface area contributed by atoms with Gasteiger partial charge in [0.1, 0.15) is 11.3 Å². The van der Waals surface area contributed by atoms with Gasteiger partial charge in [0.25, 0.3) is 0 Å². The number of rotatable bonds is 7. The minimum atomic E-state index is -0.327. The van der Waals surface area contributed by atoms with Gasteiger partial charge in [0.05, 0.1) is 7.11 Å². The minimum absolute atomic E-state index is 0.170. The van der Waals surface area contributed by atoms with E-state index in [-0.39, 0.29) is 11.7 Å². The van der Waals surface area contributed by atoms with Crippen molar-refractivity contribution in [3.63, 3.8) is 0 Å². The highest BCUT2D eigenvalue weighted by atomic mass is 16.5. The topological polar surface area (TPSA) is 54.7 Å². The average Bonchev–Trinajstić information content (AvgIpc) is 2.75. The molecule has 1 aromatic heterocycles. The molecule has 4 aromatic rings. The molecule has 0 aliphatic carbocycles. The Labute approximate surface area is 175 Å². The molecule has 1 N–H and O–H groups in total. The van der Waals surface area contributed by atoms with Gasteiger partial charge in [-0.25, -0.2) is 4.79 Å². The molecule has 0 aliphatic heterocycles. The molecule has 3 aromatic carbocycles. The van der Waals surface area contributed by atoms with Crippen molar-refractivity contribution in [2.24, 2.45) is 0 Å². The summed E-state index contributed by atoms with van der Waals surface area (Å²) < 4.78 is 10.8. The van der Waals surface area contributed by atoms with Crippen molar-refractivity contribution in [1.29, 1.82) is 0 Å². The molecule has 1 atom stereocenters. The summed E-state index contributed by atoms with van der Waals surface area (Å²) in [5.74, 6) is 0.845. The van der Waals surface area contributed by atoms with Crippen molar-refractivity contribution < 1.29 is 9.15 Å². The van der Waals surface area contributed by atoms with Crippen LogP contribution in [0.5, 0.6) is 5.75 Å². The first kappa shape index (κ1) is 20.1. The molecule has 0 saturated carbocycles. The molecule has 30 heavy (non-hydrogen) atoms. The monoisotopic (exact) mass is 402 g/mol. The lowest BCUT2D eigenvalue weighted by Gasteiger charge is -2.25. The molecule has 4 rings (SSSR count). The van der Waals surface area contributed by atoms with Crippen LogP contribution in [0.15, 0.2) is 75.9 Å². The first-order chi connectivity index (χ1) is 14.6. The Balaban J connectivity index is 1.62. The van der Waals surface area contributed by atoms with Crippen molar-refractivity contribution in [2.45, 2.75) is 12.6 Å². The number of hydrogen-bond acceptors (Lipinski definition) is 5. The van der Waals surface area contributed by atoms with Crippen LogP contribution in [0.2, 0.25) is 0 Å². The number of hydrogen-bond donors (Lipinski definition) is 1. The van der Waals surface area contributed by atoms with Gasteiger partial charge in [-0.15, -0.1) is 0 Å². The van der Waals surface area contributed by atoms with Gasteiger partial charge in [-0.2, -0.15) is 0 Å². The summed E-state index contributed by atoms with van der Waals surface area (Å²) in [6, 6.07) is 21.9. The van der Waals surface area contributed by atoms with Crippen LogP contribution in [0, 0.1) is 0 Å². The maximum atomic E-state index is 12.1. The van der Waals surface area contributed by atoms with E-state index in [2.05, 4.69) is 48.6 Å². The molecule has 5 heteroatoms. The van der Waals surface area contributed by atoms with Crippen LogP contribution in [-0.4, -0.2) is 32.6 Å². The molecule has 0 amide bonds. The number of fused-ring (bicyclic) bond motifs is 3. The van der Waals surface area contributed by atoms with Crippen molar-refractivity contribution in [3.8, 4) is 5.75 Å². The van der Waals surface area contributed by atoms with E-state index in [1.54, 1.807) is 13.2 Å². The van der Waals surface area contributed by atoms with Gasteiger partial charge < -0.3 is 19.4 Å². The number of methoxy groups -OCH3 is 1. The fraction of sp³-hybridized carbons (Fsp3) is 0.240. The van der Waals surface area contributed by atoms with Crippen LogP contribution in [0.1, 0.15) is 17.2 Å². The average molecular weight is 402 g/mol. The Bertz CT molecular complexity index is 1230. The van der Waals surface area contributed by atoms with Gasteiger partial charge in [-0.1, -0.05) is 42.5 Å². The summed E-state index contributed by atoms with van der Waals surface area (Å²) >= 11 is 0. The minimum Gasteiger partial charge on any atom is -0.497 e. The SMILES string of the molecule is COc1cccc([C@@H](CNCc2cc(=O)oc3ccc4ccccc4c23)N(C)C)c1. The van der Waals surface area contributed by atoms with Gasteiger partial charge in [0.15, 0.2) is 0 Å². The molecular formula is C25H26N2O3. The van der Waals surface area contributed by atoms with Crippen LogP contribution in [0.3, 0.4) is 0 Å². The van der Waals surface area contributed by atoms with Gasteiger partial charge >= 0.3 is 5.63 Å². The van der Waals surface area contributed by atoms with Crippen LogP contribution in [0.4, 0.5) is 0 Å². The lowest BCUT2D eigenvalue weighted by Crippen LogP contribution is -2.31. The van der Waals surface area contributed by atoms with Gasteiger partial charge in [-0.05, 0) is 54.2 Å². The third-order valence-corrected chi connectivity index (χ3v) is 5.47. The maximum Gasteiger partial charge on any atom is 0.336 e. The Morgan fingerprint density at radius 2 is 1.87 bits per heavy atom. The quantitative estimate of drug-likeness (QED) is 0.368. The van der Waals surface area contributed by atoms with Crippen LogP contribution < -0.4 is 15.7 Å². The first-order valence-corrected chi connectivity index (χ1v) is 10.0.